The fourth-order valence-electron chi connectivity index (χ4n) is 2.42. The number of aryl methyl sites for hydroxylation is 1. The fourth-order valence-corrected chi connectivity index (χ4v) is 3.45. The molecule has 1 aromatic heterocycles. The van der Waals surface area contributed by atoms with Crippen LogP contribution >= 0.6 is 11.3 Å². The lowest BCUT2D eigenvalue weighted by Gasteiger charge is -2.32. The molecule has 1 saturated heterocycles. The number of carbonyl (C=O) groups excluding carboxylic acids is 1. The maximum absolute atomic E-state index is 12.6. The second-order valence-electron chi connectivity index (χ2n) is 5.47. The minimum Gasteiger partial charge on any atom is -0.480 e. The van der Waals surface area contributed by atoms with Gasteiger partial charge in [-0.3, -0.25) is 4.79 Å². The van der Waals surface area contributed by atoms with Gasteiger partial charge in [-0.2, -0.15) is 0 Å². The highest BCUT2D eigenvalue weighted by Gasteiger charge is 2.34. The minimum absolute atomic E-state index is 0.181. The van der Waals surface area contributed by atoms with Crippen molar-refractivity contribution in [1.82, 2.24) is 9.88 Å². The summed E-state index contributed by atoms with van der Waals surface area (Å²) in [5, 5.41) is 10.2. The van der Waals surface area contributed by atoms with Crippen molar-refractivity contribution in [2.45, 2.75) is 52.0 Å². The standard InChI is InChI=1S/C14H20N2O3S/c1-8(2)12-15-9(3)11(20-12)13(17)16-7-5-4-6-10(16)14(18)19/h8,10H,4-7H2,1-3H3,(H,18,19)/t10-/m1/s1. The van der Waals surface area contributed by atoms with Crippen LogP contribution in [0.25, 0.3) is 0 Å². The summed E-state index contributed by atoms with van der Waals surface area (Å²) in [6.45, 7) is 6.40. The monoisotopic (exact) mass is 296 g/mol. The molecule has 0 aliphatic carbocycles. The predicted octanol–water partition coefficient (Wildman–Crippen LogP) is 2.65. The Morgan fingerprint density at radius 1 is 1.40 bits per heavy atom. The molecule has 110 valence electrons. The first-order valence-corrected chi connectivity index (χ1v) is 7.74. The molecular weight excluding hydrogens is 276 g/mol. The highest BCUT2D eigenvalue weighted by molar-refractivity contribution is 7.13. The van der Waals surface area contributed by atoms with Crippen LogP contribution in [0.4, 0.5) is 0 Å². The molecule has 1 aromatic rings. The molecule has 20 heavy (non-hydrogen) atoms. The van der Waals surface area contributed by atoms with E-state index in [0.717, 1.165) is 17.8 Å². The van der Waals surface area contributed by atoms with Crippen LogP contribution in [0.3, 0.4) is 0 Å². The lowest BCUT2D eigenvalue weighted by molar-refractivity contribution is -0.143. The molecule has 1 N–H and O–H groups in total. The molecule has 0 bridgehead atoms. The molecule has 0 unspecified atom stereocenters. The molecule has 0 aromatic carbocycles. The molecule has 1 fully saturated rings. The summed E-state index contributed by atoms with van der Waals surface area (Å²) in [5.74, 6) is -0.819. The first-order chi connectivity index (χ1) is 9.41. The summed E-state index contributed by atoms with van der Waals surface area (Å²) >= 11 is 1.39. The van der Waals surface area contributed by atoms with E-state index in [1.54, 1.807) is 0 Å². The van der Waals surface area contributed by atoms with Crippen molar-refractivity contribution in [2.24, 2.45) is 0 Å². The lowest BCUT2D eigenvalue weighted by Crippen LogP contribution is -2.47. The van der Waals surface area contributed by atoms with Gasteiger partial charge in [-0.25, -0.2) is 9.78 Å². The number of likely N-dealkylation sites (tertiary alicyclic amines) is 1. The second kappa shape index (κ2) is 5.91. The molecule has 6 heteroatoms. The molecular formula is C14H20N2O3S. The predicted molar refractivity (Wildman–Crippen MR) is 77.3 cm³/mol. The smallest absolute Gasteiger partial charge is 0.326 e. The van der Waals surface area contributed by atoms with Crippen LogP contribution in [0.2, 0.25) is 0 Å². The van der Waals surface area contributed by atoms with Crippen LogP contribution < -0.4 is 0 Å². The summed E-state index contributed by atoms with van der Waals surface area (Å²) in [6.07, 6.45) is 2.26. The highest BCUT2D eigenvalue weighted by atomic mass is 32.1. The van der Waals surface area contributed by atoms with Gasteiger partial charge in [-0.05, 0) is 26.2 Å². The van der Waals surface area contributed by atoms with Crippen molar-refractivity contribution in [3.8, 4) is 0 Å². The number of hydrogen-bond acceptors (Lipinski definition) is 4. The van der Waals surface area contributed by atoms with Gasteiger partial charge in [0, 0.05) is 12.5 Å². The number of rotatable bonds is 3. The number of carboxylic acids is 1. The van der Waals surface area contributed by atoms with E-state index in [1.807, 2.05) is 20.8 Å². The number of thiazole rings is 1. The molecule has 1 amide bonds. The summed E-state index contributed by atoms with van der Waals surface area (Å²) in [7, 11) is 0. The van der Waals surface area contributed by atoms with Crippen LogP contribution in [-0.4, -0.2) is 39.5 Å². The van der Waals surface area contributed by atoms with E-state index in [0.29, 0.717) is 23.5 Å². The zero-order valence-electron chi connectivity index (χ0n) is 12.0. The first kappa shape index (κ1) is 15.0. The Bertz CT molecular complexity index is 524. The lowest BCUT2D eigenvalue weighted by atomic mass is 10.0. The topological polar surface area (TPSA) is 70.5 Å². The number of piperidine rings is 1. The van der Waals surface area contributed by atoms with Crippen molar-refractivity contribution in [1.29, 1.82) is 0 Å². The number of aliphatic carboxylic acids is 1. The van der Waals surface area contributed by atoms with Crippen LogP contribution in [0.1, 0.15) is 59.4 Å². The van der Waals surface area contributed by atoms with Crippen molar-refractivity contribution in [3.63, 3.8) is 0 Å². The largest absolute Gasteiger partial charge is 0.480 e. The molecule has 0 saturated carbocycles. The molecule has 2 rings (SSSR count). The van der Waals surface area contributed by atoms with Gasteiger partial charge in [0.05, 0.1) is 10.7 Å². The number of nitrogens with zero attached hydrogens (tertiary/aromatic N) is 2. The second-order valence-corrected chi connectivity index (χ2v) is 6.50. The molecule has 1 aliphatic rings. The van der Waals surface area contributed by atoms with Crippen molar-refractivity contribution in [3.05, 3.63) is 15.6 Å². The van der Waals surface area contributed by atoms with Gasteiger partial charge >= 0.3 is 5.97 Å². The Balaban J connectivity index is 2.27. The van der Waals surface area contributed by atoms with Crippen molar-refractivity contribution >= 4 is 23.2 Å². The maximum Gasteiger partial charge on any atom is 0.326 e. The molecule has 0 spiro atoms. The molecule has 1 atom stereocenters. The number of aromatic nitrogens is 1. The Morgan fingerprint density at radius 2 is 2.10 bits per heavy atom. The third-order valence-electron chi connectivity index (χ3n) is 3.55. The molecule has 2 heterocycles. The van der Waals surface area contributed by atoms with E-state index < -0.39 is 12.0 Å². The van der Waals surface area contributed by atoms with Gasteiger partial charge in [0.2, 0.25) is 0 Å². The SMILES string of the molecule is Cc1nc(C(C)C)sc1C(=O)N1CCCC[C@@H]1C(=O)O. The van der Waals surface area contributed by atoms with Crippen LogP contribution in [0.15, 0.2) is 0 Å². The zero-order valence-corrected chi connectivity index (χ0v) is 12.9. The Labute approximate surface area is 122 Å². The normalized spacial score (nSPS) is 19.4. The average Bonchev–Trinajstić information content (AvgIpc) is 2.80. The van der Waals surface area contributed by atoms with E-state index in [4.69, 9.17) is 0 Å². The average molecular weight is 296 g/mol. The molecule has 0 radical (unpaired) electrons. The van der Waals surface area contributed by atoms with Crippen LogP contribution in [-0.2, 0) is 4.79 Å². The number of carboxylic acid groups (broad SMARTS) is 1. The van der Waals surface area contributed by atoms with Crippen molar-refractivity contribution in [2.75, 3.05) is 6.54 Å². The zero-order chi connectivity index (χ0) is 14.9. The number of carbonyl (C=O) groups is 2. The van der Waals surface area contributed by atoms with Gasteiger partial charge in [0.15, 0.2) is 0 Å². The van der Waals surface area contributed by atoms with E-state index in [2.05, 4.69) is 4.98 Å². The Kier molecular flexibility index (Phi) is 4.42. The van der Waals surface area contributed by atoms with Gasteiger partial charge in [-0.15, -0.1) is 11.3 Å². The number of amides is 1. The Morgan fingerprint density at radius 3 is 2.65 bits per heavy atom. The van der Waals surface area contributed by atoms with E-state index >= 15 is 0 Å². The van der Waals surface area contributed by atoms with Gasteiger partial charge in [0.1, 0.15) is 10.9 Å². The van der Waals surface area contributed by atoms with E-state index in [1.165, 1.54) is 16.2 Å². The Hall–Kier alpha value is -1.43. The molecule has 5 nitrogen and oxygen atoms in total. The first-order valence-electron chi connectivity index (χ1n) is 6.93. The number of hydrogen-bond donors (Lipinski definition) is 1. The van der Waals surface area contributed by atoms with E-state index in [-0.39, 0.29) is 11.8 Å². The van der Waals surface area contributed by atoms with Crippen molar-refractivity contribution < 1.29 is 14.7 Å². The summed E-state index contributed by atoms with van der Waals surface area (Å²) < 4.78 is 0. The molecule has 1 aliphatic heterocycles. The third kappa shape index (κ3) is 2.85. The van der Waals surface area contributed by atoms with Crippen LogP contribution in [0, 0.1) is 6.92 Å². The van der Waals surface area contributed by atoms with Gasteiger partial charge in [-0.1, -0.05) is 13.8 Å². The highest BCUT2D eigenvalue weighted by Crippen LogP contribution is 2.28. The summed E-state index contributed by atoms with van der Waals surface area (Å²) in [4.78, 5) is 30.4. The maximum atomic E-state index is 12.6. The fraction of sp³-hybridized carbons (Fsp3) is 0.643. The minimum atomic E-state index is -0.913. The summed E-state index contributed by atoms with van der Waals surface area (Å²) in [5.41, 5.74) is 0.707. The summed E-state index contributed by atoms with van der Waals surface area (Å²) in [6, 6.07) is -0.694. The van der Waals surface area contributed by atoms with Crippen LogP contribution in [0.5, 0.6) is 0 Å². The van der Waals surface area contributed by atoms with Gasteiger partial charge in [0.25, 0.3) is 5.91 Å². The third-order valence-corrected chi connectivity index (χ3v) is 5.00. The van der Waals surface area contributed by atoms with E-state index in [9.17, 15) is 14.7 Å². The quantitative estimate of drug-likeness (QED) is 0.931. The van der Waals surface area contributed by atoms with Gasteiger partial charge < -0.3 is 10.0 Å².